The zero-order valence-corrected chi connectivity index (χ0v) is 10.2. The minimum atomic E-state index is -0.648. The monoisotopic (exact) mass is 254 g/mol. The van der Waals surface area contributed by atoms with Crippen LogP contribution in [0.15, 0.2) is 30.9 Å². The standard InChI is InChI=1S/C13H16F2N2O/c1-3-8-16-13(18)17(4-2)9-10-11(14)6-5-7-12(10)15/h3,5-7H,1,4,8-9H2,2H3,(H,16,18). The van der Waals surface area contributed by atoms with Gasteiger partial charge in [0.25, 0.3) is 0 Å². The second-order valence-corrected chi connectivity index (χ2v) is 3.69. The van der Waals surface area contributed by atoms with E-state index in [1.54, 1.807) is 6.92 Å². The van der Waals surface area contributed by atoms with Gasteiger partial charge >= 0.3 is 6.03 Å². The number of carbonyl (C=O) groups excluding carboxylic acids is 1. The predicted octanol–water partition coefficient (Wildman–Crippen LogP) is 2.68. The molecular formula is C13H16F2N2O. The normalized spacial score (nSPS) is 9.94. The van der Waals surface area contributed by atoms with Crippen LogP contribution in [0, 0.1) is 11.6 Å². The molecule has 1 aromatic carbocycles. The number of amides is 2. The topological polar surface area (TPSA) is 32.3 Å². The predicted molar refractivity (Wildman–Crippen MR) is 66.0 cm³/mol. The fourth-order valence-corrected chi connectivity index (χ4v) is 1.47. The summed E-state index contributed by atoms with van der Waals surface area (Å²) >= 11 is 0. The van der Waals surface area contributed by atoms with Gasteiger partial charge in [0, 0.05) is 18.7 Å². The largest absolute Gasteiger partial charge is 0.335 e. The molecule has 0 atom stereocenters. The molecule has 18 heavy (non-hydrogen) atoms. The van der Waals surface area contributed by atoms with E-state index >= 15 is 0 Å². The van der Waals surface area contributed by atoms with Crippen molar-refractivity contribution in [1.29, 1.82) is 0 Å². The molecule has 1 aromatic rings. The molecule has 1 rings (SSSR count). The highest BCUT2D eigenvalue weighted by Gasteiger charge is 2.16. The van der Waals surface area contributed by atoms with Gasteiger partial charge in [0.2, 0.25) is 0 Å². The first-order chi connectivity index (χ1) is 8.60. The lowest BCUT2D eigenvalue weighted by Gasteiger charge is -2.21. The summed E-state index contributed by atoms with van der Waals surface area (Å²) < 4.78 is 26.9. The molecule has 0 saturated heterocycles. The van der Waals surface area contributed by atoms with Gasteiger partial charge in [0.05, 0.1) is 6.54 Å². The summed E-state index contributed by atoms with van der Waals surface area (Å²) in [4.78, 5) is 13.0. The van der Waals surface area contributed by atoms with Crippen LogP contribution in [-0.4, -0.2) is 24.0 Å². The van der Waals surface area contributed by atoms with Crippen molar-refractivity contribution in [2.45, 2.75) is 13.5 Å². The third-order valence-electron chi connectivity index (χ3n) is 2.48. The molecule has 0 aliphatic carbocycles. The quantitative estimate of drug-likeness (QED) is 0.805. The fraction of sp³-hybridized carbons (Fsp3) is 0.308. The van der Waals surface area contributed by atoms with Crippen LogP contribution in [0.3, 0.4) is 0 Å². The molecule has 1 N–H and O–H groups in total. The zero-order chi connectivity index (χ0) is 13.5. The van der Waals surface area contributed by atoms with E-state index in [1.807, 2.05) is 0 Å². The highest BCUT2D eigenvalue weighted by atomic mass is 19.1. The van der Waals surface area contributed by atoms with Gasteiger partial charge in [-0.25, -0.2) is 13.6 Å². The summed E-state index contributed by atoms with van der Waals surface area (Å²) in [7, 11) is 0. The summed E-state index contributed by atoms with van der Waals surface area (Å²) in [6.07, 6.45) is 1.54. The summed E-state index contributed by atoms with van der Waals surface area (Å²) in [5.74, 6) is -1.30. The van der Waals surface area contributed by atoms with Crippen molar-refractivity contribution < 1.29 is 13.6 Å². The first-order valence-corrected chi connectivity index (χ1v) is 5.66. The third-order valence-corrected chi connectivity index (χ3v) is 2.48. The minimum absolute atomic E-state index is 0.0992. The average molecular weight is 254 g/mol. The SMILES string of the molecule is C=CCNC(=O)N(CC)Cc1c(F)cccc1F. The van der Waals surface area contributed by atoms with E-state index in [4.69, 9.17) is 0 Å². The Morgan fingerprint density at radius 3 is 2.56 bits per heavy atom. The van der Waals surface area contributed by atoms with Crippen LogP contribution in [0.25, 0.3) is 0 Å². The van der Waals surface area contributed by atoms with Gasteiger partial charge in [-0.15, -0.1) is 6.58 Å². The fourth-order valence-electron chi connectivity index (χ4n) is 1.47. The number of halogens is 2. The molecule has 3 nitrogen and oxygen atoms in total. The smallest absolute Gasteiger partial charge is 0.317 e. The van der Waals surface area contributed by atoms with Gasteiger partial charge in [-0.3, -0.25) is 0 Å². The number of hydrogen-bond donors (Lipinski definition) is 1. The van der Waals surface area contributed by atoms with Crippen LogP contribution in [0.1, 0.15) is 12.5 Å². The van der Waals surface area contributed by atoms with Crippen molar-refractivity contribution >= 4 is 6.03 Å². The molecular weight excluding hydrogens is 238 g/mol. The summed E-state index contributed by atoms with van der Waals surface area (Å²) in [5, 5.41) is 2.57. The maximum Gasteiger partial charge on any atom is 0.317 e. The summed E-state index contributed by atoms with van der Waals surface area (Å²) in [6, 6.07) is 3.27. The molecule has 0 aromatic heterocycles. The Kier molecular flexibility index (Phi) is 5.30. The molecule has 2 amide bonds. The van der Waals surface area contributed by atoms with E-state index in [0.717, 1.165) is 0 Å². The second-order valence-electron chi connectivity index (χ2n) is 3.69. The van der Waals surface area contributed by atoms with Crippen LogP contribution in [0.4, 0.5) is 13.6 Å². The Bertz CT molecular complexity index is 415. The van der Waals surface area contributed by atoms with Crippen LogP contribution in [-0.2, 0) is 6.54 Å². The number of urea groups is 1. The number of nitrogens with zero attached hydrogens (tertiary/aromatic N) is 1. The van der Waals surface area contributed by atoms with Gasteiger partial charge in [0.1, 0.15) is 11.6 Å². The third kappa shape index (κ3) is 3.55. The molecule has 98 valence electrons. The molecule has 0 bridgehead atoms. The Balaban J connectivity index is 2.79. The zero-order valence-electron chi connectivity index (χ0n) is 10.2. The molecule has 0 aliphatic rings. The first-order valence-electron chi connectivity index (χ1n) is 5.66. The van der Waals surface area contributed by atoms with E-state index in [-0.39, 0.29) is 18.1 Å². The van der Waals surface area contributed by atoms with Crippen LogP contribution < -0.4 is 5.32 Å². The number of benzene rings is 1. The molecule has 0 aliphatic heterocycles. The molecule has 0 saturated carbocycles. The summed E-state index contributed by atoms with van der Waals surface area (Å²) in [6.45, 7) is 5.79. The number of hydrogen-bond acceptors (Lipinski definition) is 1. The van der Waals surface area contributed by atoms with Gasteiger partial charge in [0.15, 0.2) is 0 Å². The van der Waals surface area contributed by atoms with E-state index in [2.05, 4.69) is 11.9 Å². The Hall–Kier alpha value is -1.91. The van der Waals surface area contributed by atoms with Crippen molar-refractivity contribution in [2.24, 2.45) is 0 Å². The highest BCUT2D eigenvalue weighted by Crippen LogP contribution is 2.14. The maximum atomic E-state index is 13.4. The molecule has 0 heterocycles. The lowest BCUT2D eigenvalue weighted by atomic mass is 10.2. The van der Waals surface area contributed by atoms with Crippen LogP contribution in [0.2, 0.25) is 0 Å². The Morgan fingerprint density at radius 2 is 2.06 bits per heavy atom. The van der Waals surface area contributed by atoms with Crippen LogP contribution in [0.5, 0.6) is 0 Å². The van der Waals surface area contributed by atoms with Crippen molar-refractivity contribution in [3.8, 4) is 0 Å². The van der Waals surface area contributed by atoms with E-state index < -0.39 is 11.6 Å². The summed E-state index contributed by atoms with van der Waals surface area (Å²) in [5.41, 5.74) is -0.104. The number of nitrogens with one attached hydrogen (secondary N) is 1. The lowest BCUT2D eigenvalue weighted by Crippen LogP contribution is -2.39. The van der Waals surface area contributed by atoms with E-state index in [0.29, 0.717) is 13.1 Å². The molecule has 0 spiro atoms. The van der Waals surface area contributed by atoms with E-state index in [1.165, 1.54) is 29.2 Å². The van der Waals surface area contributed by atoms with Crippen molar-refractivity contribution in [2.75, 3.05) is 13.1 Å². The molecule has 0 unspecified atom stereocenters. The van der Waals surface area contributed by atoms with Gasteiger partial charge in [-0.1, -0.05) is 12.1 Å². The van der Waals surface area contributed by atoms with Crippen molar-refractivity contribution in [1.82, 2.24) is 10.2 Å². The van der Waals surface area contributed by atoms with E-state index in [9.17, 15) is 13.6 Å². The second kappa shape index (κ2) is 6.74. The first kappa shape index (κ1) is 14.2. The average Bonchev–Trinajstić information content (AvgIpc) is 2.35. The number of rotatable bonds is 5. The molecule has 0 fully saturated rings. The number of carbonyl (C=O) groups is 1. The highest BCUT2D eigenvalue weighted by molar-refractivity contribution is 5.74. The van der Waals surface area contributed by atoms with Gasteiger partial charge < -0.3 is 10.2 Å². The van der Waals surface area contributed by atoms with Crippen LogP contribution >= 0.6 is 0 Å². The Labute approximate surface area is 105 Å². The Morgan fingerprint density at radius 1 is 1.44 bits per heavy atom. The maximum absolute atomic E-state index is 13.4. The van der Waals surface area contributed by atoms with Crippen molar-refractivity contribution in [3.05, 3.63) is 48.1 Å². The van der Waals surface area contributed by atoms with Gasteiger partial charge in [-0.05, 0) is 19.1 Å². The lowest BCUT2D eigenvalue weighted by molar-refractivity contribution is 0.198. The van der Waals surface area contributed by atoms with Crippen molar-refractivity contribution in [3.63, 3.8) is 0 Å². The molecule has 0 radical (unpaired) electrons. The minimum Gasteiger partial charge on any atom is -0.335 e. The van der Waals surface area contributed by atoms with Gasteiger partial charge in [-0.2, -0.15) is 0 Å². The molecule has 5 heteroatoms.